The molecule has 5 heteroatoms. The number of hydrazone groups is 1. The molecule has 0 bridgehead atoms. The molecule has 0 unspecified atom stereocenters. The minimum Gasteiger partial charge on any atom is -0.274 e. The Balaban J connectivity index is 2.73. The van der Waals surface area contributed by atoms with Gasteiger partial charge in [0.2, 0.25) is 5.91 Å². The number of aromatic nitrogens is 2. The Labute approximate surface area is 75.9 Å². The van der Waals surface area contributed by atoms with E-state index in [4.69, 9.17) is 0 Å². The first kappa shape index (κ1) is 9.31. The van der Waals surface area contributed by atoms with Crippen molar-refractivity contribution in [1.82, 2.24) is 15.4 Å². The summed E-state index contributed by atoms with van der Waals surface area (Å²) in [5.41, 5.74) is 3.60. The van der Waals surface area contributed by atoms with Crippen molar-refractivity contribution in [3.63, 3.8) is 0 Å². The van der Waals surface area contributed by atoms with Crippen LogP contribution in [0.4, 0.5) is 0 Å². The Morgan fingerprint density at radius 3 is 2.77 bits per heavy atom. The molecular weight excluding hydrogens is 168 g/mol. The summed E-state index contributed by atoms with van der Waals surface area (Å²) < 4.78 is 0. The van der Waals surface area contributed by atoms with E-state index in [0.717, 1.165) is 0 Å². The number of carbonyl (C=O) groups excluding carboxylic acids is 1. The largest absolute Gasteiger partial charge is 0.274 e. The number of nitrogens with zero attached hydrogens (tertiary/aromatic N) is 3. The smallest absolute Gasteiger partial charge is 0.236 e. The number of amides is 1. The van der Waals surface area contributed by atoms with E-state index in [9.17, 15) is 4.79 Å². The molecule has 0 saturated heterocycles. The lowest BCUT2D eigenvalue weighted by Gasteiger charge is -1.97. The van der Waals surface area contributed by atoms with Gasteiger partial charge < -0.3 is 0 Å². The van der Waals surface area contributed by atoms with Gasteiger partial charge in [0.15, 0.2) is 0 Å². The van der Waals surface area contributed by atoms with Crippen molar-refractivity contribution in [2.45, 2.75) is 13.8 Å². The highest BCUT2D eigenvalue weighted by Gasteiger charge is 1.97. The summed E-state index contributed by atoms with van der Waals surface area (Å²) in [6.07, 6.45) is 4.73. The number of nitrogens with one attached hydrogen (secondary N) is 1. The highest BCUT2D eigenvalue weighted by molar-refractivity contribution is 5.97. The van der Waals surface area contributed by atoms with Gasteiger partial charge in [-0.2, -0.15) is 5.10 Å². The Bertz CT molecular complexity index is 320. The van der Waals surface area contributed by atoms with Crippen LogP contribution in [0.3, 0.4) is 0 Å². The van der Waals surface area contributed by atoms with E-state index >= 15 is 0 Å². The molecule has 1 amide bonds. The van der Waals surface area contributed by atoms with E-state index in [-0.39, 0.29) is 5.91 Å². The van der Waals surface area contributed by atoms with Crippen molar-refractivity contribution in [3.8, 4) is 0 Å². The molecule has 0 atom stereocenters. The van der Waals surface area contributed by atoms with Crippen molar-refractivity contribution < 1.29 is 4.79 Å². The maximum absolute atomic E-state index is 10.5. The van der Waals surface area contributed by atoms with Gasteiger partial charge in [-0.1, -0.05) is 0 Å². The Hall–Kier alpha value is -1.78. The molecule has 0 spiro atoms. The third-order valence-corrected chi connectivity index (χ3v) is 1.31. The van der Waals surface area contributed by atoms with Crippen LogP contribution in [0.2, 0.25) is 0 Å². The predicted octanol–water partition coefficient (Wildman–Crippen LogP) is 0.337. The van der Waals surface area contributed by atoms with Crippen LogP contribution >= 0.6 is 0 Å². The Morgan fingerprint density at radius 1 is 1.46 bits per heavy atom. The van der Waals surface area contributed by atoms with Crippen molar-refractivity contribution >= 4 is 11.6 Å². The average Bonchev–Trinajstić information content (AvgIpc) is 2.15. The first-order valence-electron chi connectivity index (χ1n) is 3.77. The molecule has 1 aromatic rings. The van der Waals surface area contributed by atoms with E-state index in [2.05, 4.69) is 20.5 Å². The molecule has 0 fully saturated rings. The second kappa shape index (κ2) is 4.30. The molecule has 1 rings (SSSR count). The second-order valence-corrected chi connectivity index (χ2v) is 2.46. The molecule has 0 aliphatic carbocycles. The topological polar surface area (TPSA) is 67.2 Å². The van der Waals surface area contributed by atoms with Crippen LogP contribution in [-0.2, 0) is 4.79 Å². The summed E-state index contributed by atoms with van der Waals surface area (Å²) in [6, 6.07) is 0. The molecule has 0 aliphatic heterocycles. The second-order valence-electron chi connectivity index (χ2n) is 2.46. The van der Waals surface area contributed by atoms with E-state index in [1.165, 1.54) is 6.92 Å². The van der Waals surface area contributed by atoms with Gasteiger partial charge >= 0.3 is 0 Å². The van der Waals surface area contributed by atoms with E-state index in [1.54, 1.807) is 25.5 Å². The summed E-state index contributed by atoms with van der Waals surface area (Å²) in [4.78, 5) is 18.4. The lowest BCUT2D eigenvalue weighted by Crippen LogP contribution is -2.15. The highest BCUT2D eigenvalue weighted by Crippen LogP contribution is 1.91. The molecule has 0 aliphatic rings. The summed E-state index contributed by atoms with van der Waals surface area (Å²) in [5.74, 6) is -0.205. The van der Waals surface area contributed by atoms with Gasteiger partial charge in [-0.25, -0.2) is 5.43 Å². The van der Waals surface area contributed by atoms with Crippen LogP contribution in [0, 0.1) is 0 Å². The van der Waals surface area contributed by atoms with E-state index in [1.807, 2.05) is 0 Å². The first-order chi connectivity index (χ1) is 6.20. The average molecular weight is 178 g/mol. The minimum atomic E-state index is -0.205. The number of hydrogen-bond donors (Lipinski definition) is 1. The number of rotatable bonds is 2. The van der Waals surface area contributed by atoms with E-state index < -0.39 is 0 Å². The van der Waals surface area contributed by atoms with Crippen molar-refractivity contribution in [1.29, 1.82) is 0 Å². The van der Waals surface area contributed by atoms with Gasteiger partial charge in [0.05, 0.1) is 11.9 Å². The van der Waals surface area contributed by atoms with Crippen LogP contribution < -0.4 is 5.43 Å². The van der Waals surface area contributed by atoms with E-state index in [0.29, 0.717) is 11.4 Å². The van der Waals surface area contributed by atoms with Gasteiger partial charge in [0.1, 0.15) is 5.69 Å². The predicted molar refractivity (Wildman–Crippen MR) is 48.1 cm³/mol. The van der Waals surface area contributed by atoms with Crippen LogP contribution in [0.15, 0.2) is 23.7 Å². The molecule has 1 N–H and O–H groups in total. The molecular formula is C8H10N4O. The number of hydrogen-bond acceptors (Lipinski definition) is 4. The van der Waals surface area contributed by atoms with Gasteiger partial charge in [-0.15, -0.1) is 0 Å². The third kappa shape index (κ3) is 2.98. The SMILES string of the molecule is CC(=O)N/N=C(/C)c1cnccn1. The van der Waals surface area contributed by atoms with Crippen molar-refractivity contribution in [2.75, 3.05) is 0 Å². The van der Waals surface area contributed by atoms with Crippen LogP contribution in [0.5, 0.6) is 0 Å². The Kier molecular flexibility index (Phi) is 3.08. The zero-order chi connectivity index (χ0) is 9.68. The first-order valence-corrected chi connectivity index (χ1v) is 3.77. The molecule has 13 heavy (non-hydrogen) atoms. The number of carbonyl (C=O) groups is 1. The molecule has 5 nitrogen and oxygen atoms in total. The summed E-state index contributed by atoms with van der Waals surface area (Å²) in [5, 5.41) is 3.81. The van der Waals surface area contributed by atoms with Crippen LogP contribution in [0.25, 0.3) is 0 Å². The maximum atomic E-state index is 10.5. The fraction of sp³-hybridized carbons (Fsp3) is 0.250. The monoisotopic (exact) mass is 178 g/mol. The van der Waals surface area contributed by atoms with Crippen LogP contribution in [-0.4, -0.2) is 21.6 Å². The van der Waals surface area contributed by atoms with Crippen LogP contribution in [0.1, 0.15) is 19.5 Å². The molecule has 0 radical (unpaired) electrons. The van der Waals surface area contributed by atoms with Crippen molar-refractivity contribution in [2.24, 2.45) is 5.10 Å². The highest BCUT2D eigenvalue weighted by atomic mass is 16.2. The standard InChI is InChI=1S/C8H10N4O/c1-6(11-12-7(2)13)8-5-9-3-4-10-8/h3-5H,1-2H3,(H,12,13)/b11-6-. The van der Waals surface area contributed by atoms with Gasteiger partial charge in [0, 0.05) is 19.3 Å². The lowest BCUT2D eigenvalue weighted by molar-refractivity contribution is -0.118. The molecule has 68 valence electrons. The quantitative estimate of drug-likeness (QED) is 0.524. The Morgan fingerprint density at radius 2 is 2.23 bits per heavy atom. The van der Waals surface area contributed by atoms with Gasteiger partial charge in [-0.3, -0.25) is 14.8 Å². The minimum absolute atomic E-state index is 0.205. The fourth-order valence-electron chi connectivity index (χ4n) is 0.706. The molecule has 0 saturated carbocycles. The fourth-order valence-corrected chi connectivity index (χ4v) is 0.706. The molecule has 0 aromatic carbocycles. The van der Waals surface area contributed by atoms with Gasteiger partial charge in [-0.05, 0) is 6.92 Å². The zero-order valence-corrected chi connectivity index (χ0v) is 7.48. The van der Waals surface area contributed by atoms with Crippen molar-refractivity contribution in [3.05, 3.63) is 24.3 Å². The lowest BCUT2D eigenvalue weighted by atomic mass is 10.3. The van der Waals surface area contributed by atoms with Gasteiger partial charge in [0.25, 0.3) is 0 Å². The summed E-state index contributed by atoms with van der Waals surface area (Å²) in [7, 11) is 0. The third-order valence-electron chi connectivity index (χ3n) is 1.31. The normalized spacial score (nSPS) is 11.1. The maximum Gasteiger partial charge on any atom is 0.236 e. The summed E-state index contributed by atoms with van der Waals surface area (Å²) >= 11 is 0. The molecule has 1 heterocycles. The zero-order valence-electron chi connectivity index (χ0n) is 7.48. The summed E-state index contributed by atoms with van der Waals surface area (Å²) in [6.45, 7) is 3.15. The molecule has 1 aromatic heterocycles.